The van der Waals surface area contributed by atoms with E-state index in [0.717, 1.165) is 70.8 Å². The number of rotatable bonds is 12. The van der Waals surface area contributed by atoms with Crippen molar-refractivity contribution in [2.24, 2.45) is 5.73 Å². The van der Waals surface area contributed by atoms with Crippen molar-refractivity contribution in [3.63, 3.8) is 0 Å². The number of hydrogen-bond acceptors (Lipinski definition) is 7. The van der Waals surface area contributed by atoms with Crippen LogP contribution in [0, 0.1) is 6.92 Å². The van der Waals surface area contributed by atoms with Crippen LogP contribution in [-0.2, 0) is 16.0 Å². The molecular weight excluding hydrogens is 695 g/mol. The van der Waals surface area contributed by atoms with Crippen LogP contribution in [0.5, 0.6) is 0 Å². The predicted octanol–water partition coefficient (Wildman–Crippen LogP) is 4.30. The Kier molecular flexibility index (Phi) is 12.5. The summed E-state index contributed by atoms with van der Waals surface area (Å²) in [4.78, 5) is 64.6. The Balaban J connectivity index is 1.04. The SMILES string of the molecule is Cc1cc(CC(NC(=O)N2CCC(c3cc4ccccc4[nH]c3=O)CC2)C(=O)NC(CCCCN)C(=O)N2CCC(N3CCCCC3)CC2)cc2cn[nH]c12. The normalized spacial score (nSPS) is 18.7. The number of carbonyl (C=O) groups is 3. The molecule has 7 rings (SSSR count). The third-order valence-corrected chi connectivity index (χ3v) is 12.1. The van der Waals surface area contributed by atoms with E-state index in [-0.39, 0.29) is 35.7 Å². The van der Waals surface area contributed by atoms with E-state index in [1.54, 1.807) is 11.1 Å². The van der Waals surface area contributed by atoms with Crippen LogP contribution in [0.25, 0.3) is 21.8 Å². The number of fused-ring (bicyclic) bond motifs is 2. The molecule has 294 valence electrons. The standard InChI is InChI=1S/C42H57N9O4/c1-28-23-29(24-32-27-44-48-38(28)32)25-37(47-42(55)51-19-12-30(13-20-51)34-26-31-9-3-4-10-35(31)45-39(34)52)40(53)46-36(11-5-6-16-43)41(54)50-21-14-33(15-22-50)49-17-7-2-8-18-49/h3-4,9-10,23-24,26-27,30,33,36-37H,2,5-8,11-22,25,43H2,1H3,(H,44,48)(H,45,52)(H,46,53)(H,47,55). The molecule has 2 aromatic carbocycles. The Morgan fingerprint density at radius 3 is 2.38 bits per heavy atom. The molecule has 0 saturated carbocycles. The largest absolute Gasteiger partial charge is 0.343 e. The summed E-state index contributed by atoms with van der Waals surface area (Å²) in [5.41, 5.74) is 10.1. The van der Waals surface area contributed by atoms with Crippen LogP contribution >= 0.6 is 0 Å². The van der Waals surface area contributed by atoms with Gasteiger partial charge in [0.2, 0.25) is 11.8 Å². The number of aromatic amines is 2. The van der Waals surface area contributed by atoms with Gasteiger partial charge in [-0.25, -0.2) is 4.79 Å². The molecule has 4 amide bonds. The van der Waals surface area contributed by atoms with Crippen molar-refractivity contribution in [2.45, 2.75) is 102 Å². The summed E-state index contributed by atoms with van der Waals surface area (Å²) in [7, 11) is 0. The smallest absolute Gasteiger partial charge is 0.318 e. The number of urea groups is 1. The Morgan fingerprint density at radius 2 is 1.62 bits per heavy atom. The lowest BCUT2D eigenvalue weighted by molar-refractivity contribution is -0.138. The third-order valence-electron chi connectivity index (χ3n) is 12.1. The molecule has 0 spiro atoms. The highest BCUT2D eigenvalue weighted by Crippen LogP contribution is 2.28. The van der Waals surface area contributed by atoms with Gasteiger partial charge in [0.15, 0.2) is 0 Å². The molecule has 2 atom stereocenters. The van der Waals surface area contributed by atoms with Gasteiger partial charge in [0.25, 0.3) is 5.56 Å². The van der Waals surface area contributed by atoms with E-state index in [0.29, 0.717) is 64.4 Å². The van der Waals surface area contributed by atoms with Crippen molar-refractivity contribution in [2.75, 3.05) is 45.8 Å². The highest BCUT2D eigenvalue weighted by atomic mass is 16.2. The molecule has 3 aliphatic heterocycles. The number of nitrogens with two attached hydrogens (primary N) is 1. The first-order valence-corrected chi connectivity index (χ1v) is 20.4. The summed E-state index contributed by atoms with van der Waals surface area (Å²) in [5.74, 6) is -0.425. The molecule has 6 N–H and O–H groups in total. The summed E-state index contributed by atoms with van der Waals surface area (Å²) >= 11 is 0. The molecule has 4 aromatic rings. The number of aromatic nitrogens is 3. The lowest BCUT2D eigenvalue weighted by atomic mass is 9.89. The number of likely N-dealkylation sites (tertiary alicyclic amines) is 3. The van der Waals surface area contributed by atoms with Crippen LogP contribution in [0.3, 0.4) is 0 Å². The Hall–Kier alpha value is -4.75. The van der Waals surface area contributed by atoms with Crippen molar-refractivity contribution in [3.8, 4) is 0 Å². The van der Waals surface area contributed by atoms with E-state index >= 15 is 0 Å². The number of benzene rings is 2. The molecular formula is C42H57N9O4. The predicted molar refractivity (Wildman–Crippen MR) is 215 cm³/mol. The number of H-pyrrole nitrogens is 2. The number of aryl methyl sites for hydroxylation is 1. The van der Waals surface area contributed by atoms with Gasteiger partial charge in [0.1, 0.15) is 12.1 Å². The average Bonchev–Trinajstić information content (AvgIpc) is 3.70. The minimum absolute atomic E-state index is 0.0198. The molecule has 3 aliphatic rings. The fraction of sp³-hybridized carbons (Fsp3) is 0.548. The number of para-hydroxylation sites is 1. The maximum absolute atomic E-state index is 14.3. The first kappa shape index (κ1) is 38.5. The van der Waals surface area contributed by atoms with Crippen molar-refractivity contribution >= 4 is 39.7 Å². The lowest BCUT2D eigenvalue weighted by Crippen LogP contribution is -2.58. The first-order valence-electron chi connectivity index (χ1n) is 20.4. The van der Waals surface area contributed by atoms with Gasteiger partial charge in [0.05, 0.1) is 11.7 Å². The fourth-order valence-electron chi connectivity index (χ4n) is 8.95. The van der Waals surface area contributed by atoms with Gasteiger partial charge in [0, 0.05) is 55.1 Å². The quantitative estimate of drug-likeness (QED) is 0.134. The molecule has 0 aliphatic carbocycles. The number of nitrogens with zero attached hydrogens (tertiary/aromatic N) is 4. The summed E-state index contributed by atoms with van der Waals surface area (Å²) in [6, 6.07) is 12.2. The van der Waals surface area contributed by atoms with Crippen LogP contribution in [0.4, 0.5) is 4.79 Å². The molecule has 55 heavy (non-hydrogen) atoms. The van der Waals surface area contributed by atoms with Crippen molar-refractivity contribution in [1.82, 2.24) is 40.5 Å². The average molecular weight is 752 g/mol. The van der Waals surface area contributed by atoms with E-state index in [2.05, 4.69) is 30.7 Å². The number of carbonyl (C=O) groups excluding carboxylic acids is 3. The van der Waals surface area contributed by atoms with Crippen LogP contribution < -0.4 is 21.9 Å². The molecule has 13 heteroatoms. The number of pyridine rings is 1. The van der Waals surface area contributed by atoms with Crippen molar-refractivity contribution < 1.29 is 14.4 Å². The topological polar surface area (TPSA) is 173 Å². The maximum atomic E-state index is 14.3. The van der Waals surface area contributed by atoms with Gasteiger partial charge in [-0.05, 0) is 125 Å². The lowest BCUT2D eigenvalue weighted by Gasteiger charge is -2.41. The van der Waals surface area contributed by atoms with E-state index in [9.17, 15) is 19.2 Å². The van der Waals surface area contributed by atoms with E-state index in [4.69, 9.17) is 5.73 Å². The van der Waals surface area contributed by atoms with Gasteiger partial charge >= 0.3 is 6.03 Å². The number of hydrogen-bond donors (Lipinski definition) is 5. The van der Waals surface area contributed by atoms with Crippen molar-refractivity contribution in [3.05, 3.63) is 75.7 Å². The van der Waals surface area contributed by atoms with E-state index in [1.807, 2.05) is 54.3 Å². The van der Waals surface area contributed by atoms with E-state index in [1.165, 1.54) is 19.3 Å². The third kappa shape index (κ3) is 9.21. The zero-order valence-corrected chi connectivity index (χ0v) is 32.2. The first-order chi connectivity index (χ1) is 26.8. The minimum Gasteiger partial charge on any atom is -0.343 e. The van der Waals surface area contributed by atoms with Gasteiger partial charge in [-0.2, -0.15) is 5.10 Å². The van der Waals surface area contributed by atoms with Gasteiger partial charge in [-0.3, -0.25) is 19.5 Å². The summed E-state index contributed by atoms with van der Waals surface area (Å²) in [5, 5.41) is 15.3. The highest BCUT2D eigenvalue weighted by molar-refractivity contribution is 5.92. The molecule has 3 fully saturated rings. The van der Waals surface area contributed by atoms with Crippen LogP contribution in [0.15, 0.2) is 53.5 Å². The molecule has 13 nitrogen and oxygen atoms in total. The van der Waals surface area contributed by atoms with Crippen LogP contribution in [-0.4, -0.2) is 112 Å². The number of unbranched alkanes of at least 4 members (excludes halogenated alkanes) is 1. The van der Waals surface area contributed by atoms with Gasteiger partial charge in [-0.1, -0.05) is 30.7 Å². The molecule has 2 unspecified atom stereocenters. The summed E-state index contributed by atoms with van der Waals surface area (Å²) < 4.78 is 0. The molecule has 2 aromatic heterocycles. The molecule has 3 saturated heterocycles. The number of amides is 4. The number of nitrogens with one attached hydrogen (secondary N) is 4. The van der Waals surface area contributed by atoms with Crippen LogP contribution in [0.1, 0.15) is 86.8 Å². The number of piperidine rings is 3. The fourth-order valence-corrected chi connectivity index (χ4v) is 8.95. The second kappa shape index (κ2) is 17.8. The zero-order valence-electron chi connectivity index (χ0n) is 32.2. The van der Waals surface area contributed by atoms with Gasteiger partial charge < -0.3 is 36.1 Å². The highest BCUT2D eigenvalue weighted by Gasteiger charge is 2.34. The Morgan fingerprint density at radius 1 is 0.873 bits per heavy atom. The molecule has 0 bridgehead atoms. The molecule has 5 heterocycles. The van der Waals surface area contributed by atoms with Gasteiger partial charge in [-0.15, -0.1) is 0 Å². The zero-order chi connectivity index (χ0) is 38.3. The molecule has 0 radical (unpaired) electrons. The summed E-state index contributed by atoms with van der Waals surface area (Å²) in [6.45, 7) is 7.02. The second-order valence-corrected chi connectivity index (χ2v) is 15.9. The Bertz CT molecular complexity index is 2000. The van der Waals surface area contributed by atoms with Crippen molar-refractivity contribution in [1.29, 1.82) is 0 Å². The maximum Gasteiger partial charge on any atom is 0.318 e. The summed E-state index contributed by atoms with van der Waals surface area (Å²) in [6.07, 6.45) is 10.9. The van der Waals surface area contributed by atoms with Crippen LogP contribution in [0.2, 0.25) is 0 Å². The second-order valence-electron chi connectivity index (χ2n) is 15.9. The monoisotopic (exact) mass is 751 g/mol. The van der Waals surface area contributed by atoms with E-state index < -0.39 is 12.1 Å². The Labute approximate surface area is 322 Å². The minimum atomic E-state index is -0.924.